The minimum atomic E-state index is -4.45. The van der Waals surface area contributed by atoms with Gasteiger partial charge in [0.2, 0.25) is 5.91 Å². The molecule has 0 aromatic carbocycles. The molecule has 0 spiro atoms. The van der Waals surface area contributed by atoms with Crippen molar-refractivity contribution in [2.24, 2.45) is 0 Å². The van der Waals surface area contributed by atoms with E-state index in [-0.39, 0.29) is 19.4 Å². The number of carboxylic acid groups (broad SMARTS) is 1. The molecular weight excluding hydrogens is 231 g/mol. The molecule has 94 valence electrons. The van der Waals surface area contributed by atoms with Crippen molar-refractivity contribution in [1.29, 1.82) is 0 Å². The molecule has 0 aromatic rings. The van der Waals surface area contributed by atoms with E-state index in [2.05, 4.69) is 10.1 Å². The third kappa shape index (κ3) is 10.8. The highest BCUT2D eigenvalue weighted by Gasteiger charge is 2.27. The van der Waals surface area contributed by atoms with Crippen LogP contribution in [0.5, 0.6) is 0 Å². The van der Waals surface area contributed by atoms with Crippen molar-refractivity contribution >= 4 is 11.9 Å². The number of aliphatic carboxylic acids is 1. The van der Waals surface area contributed by atoms with Crippen LogP contribution in [0.25, 0.3) is 0 Å². The van der Waals surface area contributed by atoms with Gasteiger partial charge in [-0.3, -0.25) is 9.59 Å². The van der Waals surface area contributed by atoms with Crippen LogP contribution >= 0.6 is 0 Å². The molecule has 0 aliphatic carbocycles. The number of alkyl halides is 3. The minimum Gasteiger partial charge on any atom is -0.481 e. The van der Waals surface area contributed by atoms with Crippen molar-refractivity contribution < 1.29 is 32.6 Å². The van der Waals surface area contributed by atoms with Crippen LogP contribution in [-0.4, -0.2) is 42.9 Å². The molecule has 0 saturated carbocycles. The monoisotopic (exact) mass is 243 g/mol. The summed E-state index contributed by atoms with van der Waals surface area (Å²) in [5.74, 6) is -1.70. The second-order valence-electron chi connectivity index (χ2n) is 2.96. The lowest BCUT2D eigenvalue weighted by atomic mass is 10.3. The van der Waals surface area contributed by atoms with E-state index < -0.39 is 31.3 Å². The van der Waals surface area contributed by atoms with Gasteiger partial charge in [0.25, 0.3) is 0 Å². The number of nitrogens with one attached hydrogen (secondary N) is 1. The van der Waals surface area contributed by atoms with Crippen LogP contribution in [0.1, 0.15) is 12.8 Å². The predicted octanol–water partition coefficient (Wildman–Crippen LogP) is 0.546. The van der Waals surface area contributed by atoms with Gasteiger partial charge in [0.15, 0.2) is 0 Å². The molecule has 5 nitrogen and oxygen atoms in total. The first-order chi connectivity index (χ1) is 7.31. The predicted molar refractivity (Wildman–Crippen MR) is 46.8 cm³/mol. The molecule has 0 aliphatic heterocycles. The Bertz CT molecular complexity index is 242. The fraction of sp³-hybridized carbons (Fsp3) is 0.750. The first kappa shape index (κ1) is 14.7. The molecule has 0 heterocycles. The molecule has 2 N–H and O–H groups in total. The molecular formula is C8H12F3NO4. The number of ether oxygens (including phenoxy) is 1. The average Bonchev–Trinajstić information content (AvgIpc) is 2.10. The van der Waals surface area contributed by atoms with Crippen molar-refractivity contribution in [2.75, 3.05) is 19.8 Å². The summed E-state index contributed by atoms with van der Waals surface area (Å²) in [6.45, 7) is -2.07. The highest BCUT2D eigenvalue weighted by molar-refractivity contribution is 5.77. The Labute approximate surface area is 89.6 Å². The van der Waals surface area contributed by atoms with Crippen molar-refractivity contribution in [3.63, 3.8) is 0 Å². The van der Waals surface area contributed by atoms with E-state index in [4.69, 9.17) is 5.11 Å². The molecule has 16 heavy (non-hydrogen) atoms. The van der Waals surface area contributed by atoms with Gasteiger partial charge in [-0.2, -0.15) is 13.2 Å². The number of hydrogen-bond acceptors (Lipinski definition) is 3. The molecule has 0 aromatic heterocycles. The summed E-state index contributed by atoms with van der Waals surface area (Å²) in [4.78, 5) is 20.9. The van der Waals surface area contributed by atoms with Crippen molar-refractivity contribution in [3.8, 4) is 0 Å². The molecule has 0 bridgehead atoms. The van der Waals surface area contributed by atoms with E-state index in [1.807, 2.05) is 0 Å². The maximum Gasteiger partial charge on any atom is 0.411 e. The molecule has 0 radical (unpaired) electrons. The van der Waals surface area contributed by atoms with E-state index >= 15 is 0 Å². The summed E-state index contributed by atoms with van der Waals surface area (Å²) in [6.07, 6.45) is -4.34. The summed E-state index contributed by atoms with van der Waals surface area (Å²) in [5, 5.41) is 10.5. The summed E-state index contributed by atoms with van der Waals surface area (Å²) < 4.78 is 38.8. The zero-order chi connectivity index (χ0) is 12.6. The molecule has 0 aliphatic rings. The Morgan fingerprint density at radius 3 is 2.44 bits per heavy atom. The molecule has 0 rings (SSSR count). The fourth-order valence-electron chi connectivity index (χ4n) is 0.778. The Kier molecular flexibility index (Phi) is 6.47. The van der Waals surface area contributed by atoms with Crippen LogP contribution in [0.2, 0.25) is 0 Å². The number of carbonyl (C=O) groups excluding carboxylic acids is 1. The second-order valence-corrected chi connectivity index (χ2v) is 2.96. The van der Waals surface area contributed by atoms with E-state index in [1.165, 1.54) is 0 Å². The first-order valence-electron chi connectivity index (χ1n) is 4.44. The lowest BCUT2D eigenvalue weighted by Crippen LogP contribution is -2.30. The summed E-state index contributed by atoms with van der Waals surface area (Å²) >= 11 is 0. The van der Waals surface area contributed by atoms with Crippen molar-refractivity contribution in [1.82, 2.24) is 5.32 Å². The number of hydrogen-bond donors (Lipinski definition) is 2. The van der Waals surface area contributed by atoms with Gasteiger partial charge in [-0.05, 0) is 6.42 Å². The highest BCUT2D eigenvalue weighted by Crippen LogP contribution is 2.13. The topological polar surface area (TPSA) is 75.6 Å². The van der Waals surface area contributed by atoms with E-state index in [0.717, 1.165) is 0 Å². The van der Waals surface area contributed by atoms with E-state index in [0.29, 0.717) is 0 Å². The first-order valence-corrected chi connectivity index (χ1v) is 4.44. The van der Waals surface area contributed by atoms with Crippen molar-refractivity contribution in [2.45, 2.75) is 19.0 Å². The van der Waals surface area contributed by atoms with Gasteiger partial charge < -0.3 is 15.2 Å². The minimum absolute atomic E-state index is 0.0977. The SMILES string of the molecule is O=C(O)CCCNC(=O)COCC(F)(F)F. The zero-order valence-corrected chi connectivity index (χ0v) is 8.34. The van der Waals surface area contributed by atoms with Gasteiger partial charge >= 0.3 is 12.1 Å². The lowest BCUT2D eigenvalue weighted by molar-refractivity contribution is -0.175. The van der Waals surface area contributed by atoms with Crippen LogP contribution < -0.4 is 5.32 Å². The third-order valence-corrected chi connectivity index (χ3v) is 1.39. The Balaban J connectivity index is 3.42. The van der Waals surface area contributed by atoms with Gasteiger partial charge in [0.05, 0.1) is 0 Å². The highest BCUT2D eigenvalue weighted by atomic mass is 19.4. The summed E-state index contributed by atoms with van der Waals surface area (Å²) in [6, 6.07) is 0. The molecule has 1 amide bonds. The molecule has 0 saturated heterocycles. The zero-order valence-electron chi connectivity index (χ0n) is 8.34. The Morgan fingerprint density at radius 1 is 1.31 bits per heavy atom. The number of rotatable bonds is 7. The van der Waals surface area contributed by atoms with Crippen LogP contribution in [0.15, 0.2) is 0 Å². The van der Waals surface area contributed by atoms with Gasteiger partial charge in [-0.25, -0.2) is 0 Å². The second kappa shape index (κ2) is 7.04. The number of amides is 1. The normalized spacial score (nSPS) is 11.2. The molecule has 0 atom stereocenters. The number of carbonyl (C=O) groups is 2. The van der Waals surface area contributed by atoms with Crippen LogP contribution in [0, 0.1) is 0 Å². The average molecular weight is 243 g/mol. The maximum atomic E-state index is 11.6. The number of halogens is 3. The smallest absolute Gasteiger partial charge is 0.411 e. The largest absolute Gasteiger partial charge is 0.481 e. The lowest BCUT2D eigenvalue weighted by Gasteiger charge is -2.07. The standard InChI is InChI=1S/C8H12F3NO4/c9-8(10,11)5-16-4-6(13)12-3-1-2-7(14)15/h1-5H2,(H,12,13)(H,14,15). The van der Waals surface area contributed by atoms with Crippen LogP contribution in [0.4, 0.5) is 13.2 Å². The molecule has 0 fully saturated rings. The Hall–Kier alpha value is -1.31. The van der Waals surface area contributed by atoms with Gasteiger partial charge in [-0.1, -0.05) is 0 Å². The van der Waals surface area contributed by atoms with Crippen LogP contribution in [-0.2, 0) is 14.3 Å². The summed E-state index contributed by atoms with van der Waals surface area (Å²) in [5.41, 5.74) is 0. The van der Waals surface area contributed by atoms with Crippen LogP contribution in [0.3, 0.4) is 0 Å². The molecule has 0 unspecified atom stereocenters. The third-order valence-electron chi connectivity index (χ3n) is 1.39. The van der Waals surface area contributed by atoms with Gasteiger partial charge in [0.1, 0.15) is 13.2 Å². The summed E-state index contributed by atoms with van der Waals surface area (Å²) in [7, 11) is 0. The van der Waals surface area contributed by atoms with Gasteiger partial charge in [-0.15, -0.1) is 0 Å². The van der Waals surface area contributed by atoms with E-state index in [1.54, 1.807) is 0 Å². The quantitative estimate of drug-likeness (QED) is 0.640. The van der Waals surface area contributed by atoms with Gasteiger partial charge in [0, 0.05) is 13.0 Å². The Morgan fingerprint density at radius 2 is 1.94 bits per heavy atom. The number of carboxylic acids is 1. The molecule has 8 heteroatoms. The maximum absolute atomic E-state index is 11.6. The van der Waals surface area contributed by atoms with Crippen molar-refractivity contribution in [3.05, 3.63) is 0 Å². The fourth-order valence-corrected chi connectivity index (χ4v) is 0.778. The van der Waals surface area contributed by atoms with E-state index in [9.17, 15) is 22.8 Å².